The van der Waals surface area contributed by atoms with Gasteiger partial charge in [-0.15, -0.1) is 0 Å². The quantitative estimate of drug-likeness (QED) is 0.925. The van der Waals surface area contributed by atoms with Crippen molar-refractivity contribution in [2.45, 2.75) is 17.7 Å². The molecule has 0 aliphatic carbocycles. The van der Waals surface area contributed by atoms with Gasteiger partial charge in [-0.1, -0.05) is 0 Å². The van der Waals surface area contributed by atoms with Gasteiger partial charge in [0.2, 0.25) is 0 Å². The van der Waals surface area contributed by atoms with Crippen LogP contribution >= 0.6 is 27.5 Å². The van der Waals surface area contributed by atoms with Crippen LogP contribution in [0.3, 0.4) is 0 Å². The highest BCUT2D eigenvalue weighted by atomic mass is 79.9. The molecule has 2 aromatic heterocycles. The van der Waals surface area contributed by atoms with Gasteiger partial charge in [-0.2, -0.15) is 9.47 Å². The third-order valence-electron chi connectivity index (χ3n) is 1.95. The van der Waals surface area contributed by atoms with Crippen LogP contribution in [0, 0.1) is 0 Å². The summed E-state index contributed by atoms with van der Waals surface area (Å²) >= 11 is 4.06. The topological polar surface area (TPSA) is 76.9 Å². The van der Waals surface area contributed by atoms with Crippen LogP contribution in [0.5, 0.6) is 0 Å². The van der Waals surface area contributed by atoms with Crippen LogP contribution < -0.4 is 4.72 Å². The van der Waals surface area contributed by atoms with Crippen LogP contribution in [0.1, 0.15) is 6.92 Å². The molecule has 0 amide bonds. The summed E-state index contributed by atoms with van der Waals surface area (Å²) in [6, 6.07) is 0. The Kier molecular flexibility index (Phi) is 3.50. The van der Waals surface area contributed by atoms with Crippen LogP contribution in [0.25, 0.3) is 0 Å². The molecule has 1 N–H and O–H groups in total. The van der Waals surface area contributed by atoms with E-state index in [4.69, 9.17) is 0 Å². The molecule has 6 nitrogen and oxygen atoms in total. The molecule has 0 radical (unpaired) electrons. The molecule has 0 saturated carbocycles. The molecule has 0 unspecified atom stereocenters. The van der Waals surface area contributed by atoms with Gasteiger partial charge in [-0.3, -0.25) is 9.40 Å². The number of halogens is 1. The molecular formula is C8H9BrN4O2S2. The molecule has 0 bridgehead atoms. The van der Waals surface area contributed by atoms with Crippen molar-refractivity contribution in [1.29, 1.82) is 0 Å². The predicted octanol–water partition coefficient (Wildman–Crippen LogP) is 1.92. The normalized spacial score (nSPS) is 11.6. The Morgan fingerprint density at radius 2 is 2.29 bits per heavy atom. The molecule has 0 spiro atoms. The second-order valence-electron chi connectivity index (χ2n) is 3.15. The van der Waals surface area contributed by atoms with Crippen LogP contribution in [-0.2, 0) is 16.6 Å². The minimum Gasteiger partial charge on any atom is -0.276 e. The number of aromatic nitrogens is 3. The van der Waals surface area contributed by atoms with Crippen LogP contribution in [0.2, 0.25) is 0 Å². The van der Waals surface area contributed by atoms with Crippen molar-refractivity contribution < 1.29 is 8.42 Å². The molecule has 0 aliphatic heterocycles. The Hall–Kier alpha value is -0.930. The number of hydrogen-bond acceptors (Lipinski definition) is 5. The van der Waals surface area contributed by atoms with E-state index in [0.717, 1.165) is 11.5 Å². The number of hydrogen-bond donors (Lipinski definition) is 1. The lowest BCUT2D eigenvalue weighted by Crippen LogP contribution is -2.11. The molecule has 0 aliphatic rings. The lowest BCUT2D eigenvalue weighted by Gasteiger charge is -2.02. The summed E-state index contributed by atoms with van der Waals surface area (Å²) in [5.41, 5.74) is 0.437. The summed E-state index contributed by atoms with van der Waals surface area (Å²) in [4.78, 5) is 0. The fraction of sp³-hybridized carbons (Fsp3) is 0.250. The van der Waals surface area contributed by atoms with E-state index in [0.29, 0.717) is 16.7 Å². The minimum absolute atomic E-state index is 0.154. The Morgan fingerprint density at radius 1 is 1.53 bits per heavy atom. The number of sulfonamides is 1. The maximum atomic E-state index is 12.0. The van der Waals surface area contributed by atoms with Crippen molar-refractivity contribution >= 4 is 43.2 Å². The average molecular weight is 337 g/mol. The molecule has 0 saturated heterocycles. The second-order valence-corrected chi connectivity index (χ2v) is 6.69. The fourth-order valence-corrected chi connectivity index (χ4v) is 4.14. The van der Waals surface area contributed by atoms with Crippen molar-refractivity contribution in [3.63, 3.8) is 0 Å². The van der Waals surface area contributed by atoms with Gasteiger partial charge in [0, 0.05) is 12.7 Å². The van der Waals surface area contributed by atoms with Gasteiger partial charge in [-0.25, -0.2) is 8.42 Å². The zero-order valence-corrected chi connectivity index (χ0v) is 12.0. The van der Waals surface area contributed by atoms with E-state index in [1.165, 1.54) is 12.4 Å². The van der Waals surface area contributed by atoms with Gasteiger partial charge in [-0.05, 0) is 34.4 Å². The number of anilines is 1. The highest BCUT2D eigenvalue weighted by Crippen LogP contribution is 2.26. The van der Waals surface area contributed by atoms with Gasteiger partial charge in [0.25, 0.3) is 10.0 Å². The largest absolute Gasteiger partial charge is 0.276 e. The first kappa shape index (κ1) is 12.5. The van der Waals surface area contributed by atoms with E-state index >= 15 is 0 Å². The second kappa shape index (κ2) is 4.75. The third kappa shape index (κ3) is 2.67. The van der Waals surface area contributed by atoms with Crippen molar-refractivity contribution in [2.24, 2.45) is 0 Å². The van der Waals surface area contributed by atoms with Crippen molar-refractivity contribution in [3.05, 3.63) is 23.1 Å². The Morgan fingerprint density at radius 3 is 2.82 bits per heavy atom. The maximum absolute atomic E-state index is 12.0. The Balaban J connectivity index is 2.26. The van der Waals surface area contributed by atoms with Crippen molar-refractivity contribution in [3.8, 4) is 0 Å². The molecule has 2 rings (SSSR count). The zero-order valence-electron chi connectivity index (χ0n) is 8.79. The fourth-order valence-electron chi connectivity index (χ4n) is 1.18. The van der Waals surface area contributed by atoms with E-state index in [9.17, 15) is 8.42 Å². The zero-order chi connectivity index (χ0) is 12.5. The minimum atomic E-state index is -3.59. The Bertz CT molecular complexity index is 619. The first-order chi connectivity index (χ1) is 8.03. The lowest BCUT2D eigenvalue weighted by molar-refractivity contribution is 0.603. The molecule has 0 aromatic carbocycles. The summed E-state index contributed by atoms with van der Waals surface area (Å²) in [7, 11) is -3.59. The van der Waals surface area contributed by atoms with Crippen molar-refractivity contribution in [1.82, 2.24) is 14.2 Å². The molecule has 2 aromatic rings. The Labute approximate surface area is 111 Å². The predicted molar refractivity (Wildman–Crippen MR) is 68.5 cm³/mol. The number of aryl methyl sites for hydroxylation is 1. The molecular weight excluding hydrogens is 328 g/mol. The number of rotatable bonds is 4. The highest BCUT2D eigenvalue weighted by molar-refractivity contribution is 9.10. The number of nitrogens with one attached hydrogen (secondary N) is 1. The summed E-state index contributed by atoms with van der Waals surface area (Å²) in [6.07, 6.45) is 4.55. The average Bonchev–Trinajstić information content (AvgIpc) is 2.86. The van der Waals surface area contributed by atoms with Gasteiger partial charge in [0.15, 0.2) is 4.21 Å². The van der Waals surface area contributed by atoms with Crippen LogP contribution in [0.4, 0.5) is 5.69 Å². The van der Waals surface area contributed by atoms with Crippen LogP contribution in [-0.4, -0.2) is 22.6 Å². The monoisotopic (exact) mass is 336 g/mol. The summed E-state index contributed by atoms with van der Waals surface area (Å²) in [5.74, 6) is 0. The van der Waals surface area contributed by atoms with Gasteiger partial charge in [0.05, 0.1) is 22.6 Å². The summed E-state index contributed by atoms with van der Waals surface area (Å²) in [5, 5.41) is 3.99. The van der Waals surface area contributed by atoms with E-state index in [2.05, 4.69) is 30.1 Å². The van der Waals surface area contributed by atoms with E-state index in [-0.39, 0.29) is 4.21 Å². The van der Waals surface area contributed by atoms with Gasteiger partial charge in [0.1, 0.15) is 0 Å². The third-order valence-corrected chi connectivity index (χ3v) is 5.77. The van der Waals surface area contributed by atoms with E-state index in [1.807, 2.05) is 6.92 Å². The first-order valence-corrected chi connectivity index (χ1v) is 7.73. The lowest BCUT2D eigenvalue weighted by atomic mass is 10.6. The van der Waals surface area contributed by atoms with Gasteiger partial charge >= 0.3 is 0 Å². The number of nitrogens with zero attached hydrogens (tertiary/aromatic N) is 3. The molecule has 17 heavy (non-hydrogen) atoms. The summed E-state index contributed by atoms with van der Waals surface area (Å²) in [6.45, 7) is 2.61. The summed E-state index contributed by atoms with van der Waals surface area (Å²) < 4.78 is 32.4. The molecule has 92 valence electrons. The van der Waals surface area contributed by atoms with Gasteiger partial charge < -0.3 is 0 Å². The van der Waals surface area contributed by atoms with Crippen molar-refractivity contribution in [2.75, 3.05) is 4.72 Å². The first-order valence-electron chi connectivity index (χ1n) is 4.68. The highest BCUT2D eigenvalue weighted by Gasteiger charge is 2.20. The smallest absolute Gasteiger partial charge is 0.274 e. The molecule has 0 atom stereocenters. The van der Waals surface area contributed by atoms with Crippen LogP contribution in [0.15, 0.2) is 27.3 Å². The maximum Gasteiger partial charge on any atom is 0.274 e. The molecule has 2 heterocycles. The molecule has 9 heteroatoms. The van der Waals surface area contributed by atoms with E-state index in [1.54, 1.807) is 10.9 Å². The molecule has 0 fully saturated rings. The van der Waals surface area contributed by atoms with E-state index < -0.39 is 10.0 Å². The standard InChI is InChI=1S/C8H9BrN4O2S2/c1-2-13-5-6(3-10-13)12-17(14,15)8-7(9)4-11-16-8/h3-5,12H,2H2,1H3. The SMILES string of the molecule is CCn1cc(NS(=O)(=O)c2sncc2Br)cn1.